The molecule has 0 atom stereocenters. The standard InChI is InChI=1S/C12H24N2S/c1-10(2)14(9-12(13)15)11-7-5-3-4-6-8-11/h10-11H,3-9H2,1-2H3,(H2,13,15). The summed E-state index contributed by atoms with van der Waals surface area (Å²) in [5, 5.41) is 0. The molecule has 0 aromatic carbocycles. The van der Waals surface area contributed by atoms with Gasteiger partial charge in [-0.25, -0.2) is 0 Å². The molecule has 0 bridgehead atoms. The van der Waals surface area contributed by atoms with E-state index in [0.29, 0.717) is 17.1 Å². The zero-order valence-electron chi connectivity index (χ0n) is 10.0. The van der Waals surface area contributed by atoms with Gasteiger partial charge >= 0.3 is 0 Å². The lowest BCUT2D eigenvalue weighted by Crippen LogP contribution is -2.44. The number of nitrogens with two attached hydrogens (primary N) is 1. The molecule has 0 heterocycles. The summed E-state index contributed by atoms with van der Waals surface area (Å²) in [6.07, 6.45) is 8.17. The van der Waals surface area contributed by atoms with E-state index < -0.39 is 0 Å². The van der Waals surface area contributed by atoms with E-state index in [1.807, 2.05) is 0 Å². The zero-order chi connectivity index (χ0) is 11.3. The molecule has 0 unspecified atom stereocenters. The fourth-order valence-corrected chi connectivity index (χ4v) is 2.65. The molecule has 3 heteroatoms. The first-order valence-corrected chi connectivity index (χ1v) is 6.56. The minimum absolute atomic E-state index is 0.551. The third kappa shape index (κ3) is 4.47. The van der Waals surface area contributed by atoms with Crippen molar-refractivity contribution in [1.29, 1.82) is 0 Å². The van der Waals surface area contributed by atoms with Crippen molar-refractivity contribution in [3.63, 3.8) is 0 Å². The number of rotatable bonds is 4. The fraction of sp³-hybridized carbons (Fsp3) is 0.917. The van der Waals surface area contributed by atoms with Gasteiger partial charge in [0.1, 0.15) is 0 Å². The van der Waals surface area contributed by atoms with Crippen LogP contribution in [-0.2, 0) is 0 Å². The average Bonchev–Trinajstić information content (AvgIpc) is 2.41. The third-order valence-electron chi connectivity index (χ3n) is 3.30. The van der Waals surface area contributed by atoms with Crippen molar-refractivity contribution in [1.82, 2.24) is 4.90 Å². The Kier molecular flexibility index (Phi) is 5.54. The molecule has 1 aliphatic carbocycles. The predicted molar refractivity (Wildman–Crippen MR) is 70.1 cm³/mol. The van der Waals surface area contributed by atoms with Crippen molar-refractivity contribution in [2.24, 2.45) is 5.73 Å². The highest BCUT2D eigenvalue weighted by molar-refractivity contribution is 7.80. The number of nitrogens with zero attached hydrogens (tertiary/aromatic N) is 1. The Morgan fingerprint density at radius 1 is 1.27 bits per heavy atom. The highest BCUT2D eigenvalue weighted by Gasteiger charge is 2.22. The van der Waals surface area contributed by atoms with Gasteiger partial charge in [0.25, 0.3) is 0 Å². The summed E-state index contributed by atoms with van der Waals surface area (Å²) >= 11 is 5.03. The predicted octanol–water partition coefficient (Wildman–Crippen LogP) is 2.71. The molecule has 1 fully saturated rings. The Hall–Kier alpha value is -0.150. The maximum atomic E-state index is 5.67. The molecule has 2 nitrogen and oxygen atoms in total. The van der Waals surface area contributed by atoms with Gasteiger partial charge in [0.15, 0.2) is 0 Å². The Bertz CT molecular complexity index is 196. The van der Waals surface area contributed by atoms with E-state index in [2.05, 4.69) is 18.7 Å². The van der Waals surface area contributed by atoms with Crippen molar-refractivity contribution in [3.8, 4) is 0 Å². The topological polar surface area (TPSA) is 29.3 Å². The fourth-order valence-electron chi connectivity index (χ4n) is 2.50. The molecule has 0 aromatic heterocycles. The largest absolute Gasteiger partial charge is 0.392 e. The first kappa shape index (κ1) is 12.9. The Balaban J connectivity index is 2.55. The van der Waals surface area contributed by atoms with E-state index >= 15 is 0 Å². The molecule has 0 radical (unpaired) electrons. The van der Waals surface area contributed by atoms with Crippen LogP contribution in [-0.4, -0.2) is 28.5 Å². The molecule has 0 saturated heterocycles. The SMILES string of the molecule is CC(C)N(CC(N)=S)C1CCCCCC1. The van der Waals surface area contributed by atoms with Gasteiger partial charge in [0.2, 0.25) is 0 Å². The maximum absolute atomic E-state index is 5.67. The van der Waals surface area contributed by atoms with Crippen molar-refractivity contribution >= 4 is 17.2 Å². The second-order valence-corrected chi connectivity index (χ2v) is 5.40. The van der Waals surface area contributed by atoms with Crippen molar-refractivity contribution < 1.29 is 0 Å². The Morgan fingerprint density at radius 2 is 1.80 bits per heavy atom. The second kappa shape index (κ2) is 6.44. The van der Waals surface area contributed by atoms with Crippen LogP contribution < -0.4 is 5.73 Å². The minimum Gasteiger partial charge on any atom is -0.392 e. The summed E-state index contributed by atoms with van der Waals surface area (Å²) in [5.41, 5.74) is 5.67. The van der Waals surface area contributed by atoms with Gasteiger partial charge in [-0.1, -0.05) is 37.9 Å². The van der Waals surface area contributed by atoms with Crippen LogP contribution in [0.2, 0.25) is 0 Å². The molecule has 1 aliphatic rings. The molecular weight excluding hydrogens is 204 g/mol. The molecule has 0 aromatic rings. The number of thiocarbonyl (C=S) groups is 1. The summed E-state index contributed by atoms with van der Waals surface area (Å²) in [6, 6.07) is 1.25. The number of hydrogen-bond donors (Lipinski definition) is 1. The molecule has 0 spiro atoms. The molecule has 88 valence electrons. The first-order chi connectivity index (χ1) is 7.11. The highest BCUT2D eigenvalue weighted by atomic mass is 32.1. The molecule has 1 rings (SSSR count). The van der Waals surface area contributed by atoms with Gasteiger partial charge in [-0.05, 0) is 26.7 Å². The quantitative estimate of drug-likeness (QED) is 0.592. The molecule has 15 heavy (non-hydrogen) atoms. The van der Waals surface area contributed by atoms with E-state index in [0.717, 1.165) is 6.54 Å². The van der Waals surface area contributed by atoms with Crippen molar-refractivity contribution in [2.75, 3.05) is 6.54 Å². The summed E-state index contributed by atoms with van der Waals surface area (Å²) in [5.74, 6) is 0. The minimum atomic E-state index is 0.551. The van der Waals surface area contributed by atoms with Gasteiger partial charge in [-0.3, -0.25) is 4.90 Å². The molecule has 1 saturated carbocycles. The van der Waals surface area contributed by atoms with Crippen LogP contribution in [0.5, 0.6) is 0 Å². The van der Waals surface area contributed by atoms with E-state index in [4.69, 9.17) is 18.0 Å². The lowest BCUT2D eigenvalue weighted by molar-refractivity contribution is 0.162. The summed E-state index contributed by atoms with van der Waals surface area (Å²) in [6.45, 7) is 5.27. The molecular formula is C12H24N2S. The van der Waals surface area contributed by atoms with E-state index in [9.17, 15) is 0 Å². The van der Waals surface area contributed by atoms with Crippen molar-refractivity contribution in [3.05, 3.63) is 0 Å². The van der Waals surface area contributed by atoms with Crippen LogP contribution in [0.15, 0.2) is 0 Å². The molecule has 2 N–H and O–H groups in total. The Labute approximate surface area is 99.2 Å². The maximum Gasteiger partial charge on any atom is 0.0870 e. The lowest BCUT2D eigenvalue weighted by Gasteiger charge is -2.34. The zero-order valence-corrected chi connectivity index (χ0v) is 10.9. The van der Waals surface area contributed by atoms with E-state index in [-0.39, 0.29) is 0 Å². The summed E-state index contributed by atoms with van der Waals surface area (Å²) in [7, 11) is 0. The average molecular weight is 228 g/mol. The van der Waals surface area contributed by atoms with Gasteiger partial charge < -0.3 is 5.73 Å². The van der Waals surface area contributed by atoms with Crippen LogP contribution in [0.1, 0.15) is 52.4 Å². The highest BCUT2D eigenvalue weighted by Crippen LogP contribution is 2.23. The third-order valence-corrected chi connectivity index (χ3v) is 3.42. The van der Waals surface area contributed by atoms with Crippen LogP contribution in [0.3, 0.4) is 0 Å². The van der Waals surface area contributed by atoms with Crippen LogP contribution in [0, 0.1) is 0 Å². The molecule has 0 aliphatic heterocycles. The smallest absolute Gasteiger partial charge is 0.0870 e. The van der Waals surface area contributed by atoms with Gasteiger partial charge in [-0.15, -0.1) is 0 Å². The summed E-state index contributed by atoms with van der Waals surface area (Å²) < 4.78 is 0. The summed E-state index contributed by atoms with van der Waals surface area (Å²) in [4.78, 5) is 3.11. The van der Waals surface area contributed by atoms with Crippen LogP contribution >= 0.6 is 12.2 Å². The van der Waals surface area contributed by atoms with Gasteiger partial charge in [-0.2, -0.15) is 0 Å². The van der Waals surface area contributed by atoms with E-state index in [1.54, 1.807) is 0 Å². The first-order valence-electron chi connectivity index (χ1n) is 6.15. The second-order valence-electron chi connectivity index (χ2n) is 4.88. The van der Waals surface area contributed by atoms with E-state index in [1.165, 1.54) is 38.5 Å². The van der Waals surface area contributed by atoms with Gasteiger partial charge in [0.05, 0.1) is 4.99 Å². The monoisotopic (exact) mass is 228 g/mol. The normalized spacial score (nSPS) is 19.5. The number of hydrogen-bond acceptors (Lipinski definition) is 2. The lowest BCUT2D eigenvalue weighted by atomic mass is 10.1. The van der Waals surface area contributed by atoms with Crippen LogP contribution in [0.25, 0.3) is 0 Å². The molecule has 0 amide bonds. The Morgan fingerprint density at radius 3 is 2.20 bits per heavy atom. The van der Waals surface area contributed by atoms with Gasteiger partial charge in [0, 0.05) is 18.6 Å². The van der Waals surface area contributed by atoms with Crippen molar-refractivity contribution in [2.45, 2.75) is 64.5 Å². The van der Waals surface area contributed by atoms with Crippen LogP contribution in [0.4, 0.5) is 0 Å².